The molecule has 2 atom stereocenters. The Morgan fingerprint density at radius 1 is 1.57 bits per heavy atom. The van der Waals surface area contributed by atoms with Gasteiger partial charge in [-0.1, -0.05) is 6.58 Å². The van der Waals surface area contributed by atoms with E-state index >= 15 is 0 Å². The van der Waals surface area contributed by atoms with Crippen LogP contribution < -0.4 is 5.32 Å². The molecule has 5 nitrogen and oxygen atoms in total. The van der Waals surface area contributed by atoms with E-state index in [0.29, 0.717) is 6.54 Å². The van der Waals surface area contributed by atoms with Gasteiger partial charge in [-0.25, -0.2) is 9.59 Å². The van der Waals surface area contributed by atoms with E-state index in [0.717, 1.165) is 6.08 Å². The molecule has 0 amide bonds. The standard InChI is InChI=1S/C8H11NO4.ClH/c1-2-7(11)13-8(12)6-3-5(10)4-9-6;/h2,5-6,9-10H,1,3-4H2;1H/t5-,6+;/m1./s1. The molecule has 1 heterocycles. The fourth-order valence-electron chi connectivity index (χ4n) is 1.11. The molecular weight excluding hydrogens is 210 g/mol. The lowest BCUT2D eigenvalue weighted by atomic mass is 10.2. The summed E-state index contributed by atoms with van der Waals surface area (Å²) in [6.45, 7) is 3.51. The van der Waals surface area contributed by atoms with Gasteiger partial charge in [-0.05, 0) is 0 Å². The van der Waals surface area contributed by atoms with Crippen LogP contribution in [0.5, 0.6) is 0 Å². The number of ether oxygens (including phenoxy) is 1. The molecule has 0 radical (unpaired) electrons. The summed E-state index contributed by atoms with van der Waals surface area (Å²) in [7, 11) is 0. The highest BCUT2D eigenvalue weighted by Gasteiger charge is 2.30. The number of aliphatic hydroxyl groups is 1. The molecule has 1 fully saturated rings. The van der Waals surface area contributed by atoms with Gasteiger partial charge in [0.25, 0.3) is 0 Å². The van der Waals surface area contributed by atoms with Gasteiger partial charge in [0.05, 0.1) is 6.10 Å². The number of β-amino-alcohol motifs (C(OH)–C–C–N with tert-alkyl or cyclic N) is 1. The second kappa shape index (κ2) is 5.74. The summed E-state index contributed by atoms with van der Waals surface area (Å²) < 4.78 is 4.36. The molecule has 1 aliphatic rings. The van der Waals surface area contributed by atoms with Crippen molar-refractivity contribution in [2.24, 2.45) is 0 Å². The molecule has 80 valence electrons. The number of carbonyl (C=O) groups excluding carboxylic acids is 2. The van der Waals surface area contributed by atoms with E-state index in [2.05, 4.69) is 16.6 Å². The summed E-state index contributed by atoms with van der Waals surface area (Å²) in [4.78, 5) is 21.7. The van der Waals surface area contributed by atoms with Crippen molar-refractivity contribution in [1.29, 1.82) is 0 Å². The van der Waals surface area contributed by atoms with Crippen LogP contribution in [0.1, 0.15) is 6.42 Å². The Hall–Kier alpha value is -0.910. The van der Waals surface area contributed by atoms with Crippen molar-refractivity contribution in [2.45, 2.75) is 18.6 Å². The topological polar surface area (TPSA) is 75.6 Å². The zero-order valence-corrected chi connectivity index (χ0v) is 8.25. The zero-order valence-electron chi connectivity index (χ0n) is 7.43. The first kappa shape index (κ1) is 13.1. The van der Waals surface area contributed by atoms with Crippen LogP contribution in [-0.2, 0) is 14.3 Å². The summed E-state index contributed by atoms with van der Waals surface area (Å²) in [5.74, 6) is -1.44. The summed E-state index contributed by atoms with van der Waals surface area (Å²) in [5.41, 5.74) is 0. The van der Waals surface area contributed by atoms with E-state index in [1.54, 1.807) is 0 Å². The lowest BCUT2D eigenvalue weighted by Crippen LogP contribution is -2.33. The Bertz CT molecular complexity index is 243. The number of rotatable bonds is 2. The van der Waals surface area contributed by atoms with Crippen molar-refractivity contribution < 1.29 is 19.4 Å². The van der Waals surface area contributed by atoms with Crippen LogP contribution in [0.2, 0.25) is 0 Å². The monoisotopic (exact) mass is 221 g/mol. The predicted octanol–water partition coefficient (Wildman–Crippen LogP) is -0.613. The van der Waals surface area contributed by atoms with E-state index in [1.165, 1.54) is 0 Å². The molecule has 0 bridgehead atoms. The van der Waals surface area contributed by atoms with E-state index in [4.69, 9.17) is 5.11 Å². The molecular formula is C8H12ClNO4. The average Bonchev–Trinajstić information content (AvgIpc) is 2.51. The summed E-state index contributed by atoms with van der Waals surface area (Å²) in [6.07, 6.45) is 0.656. The van der Waals surface area contributed by atoms with Gasteiger partial charge in [0.2, 0.25) is 0 Å². The molecule has 6 heteroatoms. The Morgan fingerprint density at radius 2 is 2.21 bits per heavy atom. The quantitative estimate of drug-likeness (QED) is 0.370. The van der Waals surface area contributed by atoms with Gasteiger partial charge in [-0.3, -0.25) is 0 Å². The molecule has 0 saturated carbocycles. The minimum Gasteiger partial charge on any atom is -0.392 e. The minimum absolute atomic E-state index is 0. The molecule has 0 aromatic heterocycles. The third-order valence-electron chi connectivity index (χ3n) is 1.76. The smallest absolute Gasteiger partial charge is 0.337 e. The Labute approximate surface area is 87.5 Å². The number of hydrogen-bond acceptors (Lipinski definition) is 5. The van der Waals surface area contributed by atoms with Gasteiger partial charge in [-0.2, -0.15) is 0 Å². The van der Waals surface area contributed by atoms with Crippen molar-refractivity contribution >= 4 is 24.3 Å². The minimum atomic E-state index is -0.770. The van der Waals surface area contributed by atoms with Crippen molar-refractivity contribution in [3.8, 4) is 0 Å². The third-order valence-corrected chi connectivity index (χ3v) is 1.76. The molecule has 0 aromatic carbocycles. The van der Waals surface area contributed by atoms with Gasteiger partial charge in [-0.15, -0.1) is 12.4 Å². The summed E-state index contributed by atoms with van der Waals surface area (Å²) in [6, 6.07) is -0.584. The maximum Gasteiger partial charge on any atom is 0.337 e. The zero-order chi connectivity index (χ0) is 9.84. The van der Waals surface area contributed by atoms with Crippen molar-refractivity contribution in [3.05, 3.63) is 12.7 Å². The highest BCUT2D eigenvalue weighted by atomic mass is 35.5. The molecule has 1 saturated heterocycles. The molecule has 14 heavy (non-hydrogen) atoms. The van der Waals surface area contributed by atoms with E-state index in [-0.39, 0.29) is 18.8 Å². The first-order valence-electron chi connectivity index (χ1n) is 3.93. The normalized spacial score (nSPS) is 24.9. The molecule has 2 N–H and O–H groups in total. The number of hydrogen-bond donors (Lipinski definition) is 2. The van der Waals surface area contributed by atoms with Crippen molar-refractivity contribution in [2.75, 3.05) is 6.54 Å². The number of carbonyl (C=O) groups is 2. The fraction of sp³-hybridized carbons (Fsp3) is 0.500. The van der Waals surface area contributed by atoms with E-state index in [1.807, 2.05) is 0 Å². The van der Waals surface area contributed by atoms with Gasteiger partial charge >= 0.3 is 11.9 Å². The lowest BCUT2D eigenvalue weighted by Gasteiger charge is -2.06. The fourth-order valence-corrected chi connectivity index (χ4v) is 1.11. The number of nitrogens with one attached hydrogen (secondary N) is 1. The second-order valence-electron chi connectivity index (χ2n) is 2.79. The maximum absolute atomic E-state index is 11.1. The highest BCUT2D eigenvalue weighted by Crippen LogP contribution is 2.07. The Balaban J connectivity index is 0.00000169. The van der Waals surface area contributed by atoms with Crippen molar-refractivity contribution in [3.63, 3.8) is 0 Å². The first-order valence-corrected chi connectivity index (χ1v) is 3.93. The Kier molecular flexibility index (Phi) is 5.37. The number of halogens is 1. The molecule has 1 aliphatic heterocycles. The second-order valence-corrected chi connectivity index (χ2v) is 2.79. The molecule has 0 spiro atoms. The maximum atomic E-state index is 11.1. The van der Waals surface area contributed by atoms with Crippen LogP contribution in [0.4, 0.5) is 0 Å². The predicted molar refractivity (Wildman–Crippen MR) is 51.0 cm³/mol. The van der Waals surface area contributed by atoms with E-state index < -0.39 is 24.1 Å². The SMILES string of the molecule is C=CC(=O)OC(=O)[C@@H]1C[C@@H](O)CN1.Cl. The highest BCUT2D eigenvalue weighted by molar-refractivity contribution is 5.93. The lowest BCUT2D eigenvalue weighted by molar-refractivity contribution is -0.157. The van der Waals surface area contributed by atoms with Crippen LogP contribution in [0.3, 0.4) is 0 Å². The first-order chi connectivity index (χ1) is 6.13. The number of aliphatic hydroxyl groups excluding tert-OH is 1. The number of esters is 2. The summed E-state index contributed by atoms with van der Waals surface area (Å²) in [5, 5.41) is 11.8. The van der Waals surface area contributed by atoms with Gasteiger partial charge < -0.3 is 15.2 Å². The van der Waals surface area contributed by atoms with E-state index in [9.17, 15) is 9.59 Å². The van der Waals surface area contributed by atoms with Crippen LogP contribution in [0, 0.1) is 0 Å². The summed E-state index contributed by atoms with van der Waals surface area (Å²) >= 11 is 0. The van der Waals surface area contributed by atoms with Crippen molar-refractivity contribution in [1.82, 2.24) is 5.32 Å². The molecule has 0 unspecified atom stereocenters. The Morgan fingerprint density at radius 3 is 2.64 bits per heavy atom. The third kappa shape index (κ3) is 3.45. The molecule has 0 aliphatic carbocycles. The average molecular weight is 222 g/mol. The molecule has 0 aromatic rings. The van der Waals surface area contributed by atoms with Crippen LogP contribution in [-0.4, -0.2) is 35.7 Å². The van der Waals surface area contributed by atoms with Gasteiger partial charge in [0.1, 0.15) is 6.04 Å². The van der Waals surface area contributed by atoms with Gasteiger partial charge in [0.15, 0.2) is 0 Å². The van der Waals surface area contributed by atoms with Crippen LogP contribution >= 0.6 is 12.4 Å². The van der Waals surface area contributed by atoms with Crippen LogP contribution in [0.15, 0.2) is 12.7 Å². The largest absolute Gasteiger partial charge is 0.392 e. The van der Waals surface area contributed by atoms with Gasteiger partial charge in [0, 0.05) is 19.0 Å². The van der Waals surface area contributed by atoms with Crippen LogP contribution in [0.25, 0.3) is 0 Å². The molecule has 1 rings (SSSR count).